The molecule has 1 aromatic rings. The summed E-state index contributed by atoms with van der Waals surface area (Å²) in [5.41, 5.74) is 0.502. The molecular formula is C13H11ClO4S. The predicted molar refractivity (Wildman–Crippen MR) is 71.6 cm³/mol. The number of ether oxygens (including phenoxy) is 1. The van der Waals surface area contributed by atoms with E-state index in [9.17, 15) is 14.4 Å². The summed E-state index contributed by atoms with van der Waals surface area (Å²) in [5.74, 6) is -1.53. The second kappa shape index (κ2) is 5.75. The number of halogens is 1. The molecule has 0 amide bonds. The number of carbonyl (C=O) groups is 3. The molecule has 0 fully saturated rings. The van der Waals surface area contributed by atoms with Gasteiger partial charge in [0, 0.05) is 28.2 Å². The minimum absolute atomic E-state index is 0.234. The van der Waals surface area contributed by atoms with Crippen LogP contribution in [0.4, 0.5) is 0 Å². The van der Waals surface area contributed by atoms with Crippen LogP contribution in [-0.2, 0) is 14.3 Å². The van der Waals surface area contributed by atoms with E-state index in [4.69, 9.17) is 11.6 Å². The zero-order valence-corrected chi connectivity index (χ0v) is 11.7. The second-order valence-electron chi connectivity index (χ2n) is 4.11. The van der Waals surface area contributed by atoms with E-state index < -0.39 is 11.9 Å². The van der Waals surface area contributed by atoms with Crippen LogP contribution in [0.25, 0.3) is 0 Å². The van der Waals surface area contributed by atoms with E-state index >= 15 is 0 Å². The number of Topliss-reactive ketones (excluding diaryl/α,β-unsaturated/α-hetero) is 2. The lowest BCUT2D eigenvalue weighted by Crippen LogP contribution is -2.32. The van der Waals surface area contributed by atoms with Gasteiger partial charge in [-0.05, 0) is 18.2 Å². The standard InChI is InChI=1S/C13H11ClO4S/c1-7(15)18-5-11(16)10-6-19-12-4-8(14)2-3-9(12)13(10)17/h2-4,10H,5-6H2,1H3. The fourth-order valence-electron chi connectivity index (χ4n) is 1.77. The molecule has 1 unspecified atom stereocenters. The van der Waals surface area contributed by atoms with Crippen LogP contribution in [0, 0.1) is 5.92 Å². The summed E-state index contributed by atoms with van der Waals surface area (Å²) < 4.78 is 4.64. The van der Waals surface area contributed by atoms with Crippen molar-refractivity contribution in [3.63, 3.8) is 0 Å². The first-order valence-corrected chi connectivity index (χ1v) is 6.98. The third-order valence-electron chi connectivity index (χ3n) is 2.74. The monoisotopic (exact) mass is 298 g/mol. The lowest BCUT2D eigenvalue weighted by molar-refractivity contribution is -0.146. The maximum absolute atomic E-state index is 12.2. The van der Waals surface area contributed by atoms with Crippen molar-refractivity contribution in [2.24, 2.45) is 5.92 Å². The van der Waals surface area contributed by atoms with E-state index in [0.29, 0.717) is 16.3 Å². The molecule has 19 heavy (non-hydrogen) atoms. The SMILES string of the molecule is CC(=O)OCC(=O)C1CSc2cc(Cl)ccc2C1=O. The smallest absolute Gasteiger partial charge is 0.303 e. The number of ketones is 2. The van der Waals surface area contributed by atoms with Crippen LogP contribution < -0.4 is 0 Å². The van der Waals surface area contributed by atoms with E-state index in [1.807, 2.05) is 0 Å². The highest BCUT2D eigenvalue weighted by Gasteiger charge is 2.33. The number of fused-ring (bicyclic) bond motifs is 1. The van der Waals surface area contributed by atoms with Crippen LogP contribution in [0.5, 0.6) is 0 Å². The Bertz CT molecular complexity index is 556. The van der Waals surface area contributed by atoms with Crippen LogP contribution >= 0.6 is 23.4 Å². The van der Waals surface area contributed by atoms with E-state index in [-0.39, 0.29) is 18.2 Å². The van der Waals surface area contributed by atoms with Crippen molar-refractivity contribution in [2.75, 3.05) is 12.4 Å². The highest BCUT2D eigenvalue weighted by atomic mass is 35.5. The van der Waals surface area contributed by atoms with E-state index in [1.54, 1.807) is 18.2 Å². The van der Waals surface area contributed by atoms with Gasteiger partial charge in [0.2, 0.25) is 0 Å². The second-order valence-corrected chi connectivity index (χ2v) is 5.61. The van der Waals surface area contributed by atoms with Crippen molar-refractivity contribution < 1.29 is 19.1 Å². The quantitative estimate of drug-likeness (QED) is 0.633. The average Bonchev–Trinajstić information content (AvgIpc) is 2.36. The fourth-order valence-corrected chi connectivity index (χ4v) is 3.22. The first-order chi connectivity index (χ1) is 8.99. The molecule has 0 aliphatic carbocycles. The van der Waals surface area contributed by atoms with Crippen molar-refractivity contribution in [1.29, 1.82) is 0 Å². The molecule has 1 aromatic carbocycles. The van der Waals surface area contributed by atoms with Gasteiger partial charge in [-0.2, -0.15) is 0 Å². The summed E-state index contributed by atoms with van der Waals surface area (Å²) in [6.45, 7) is 0.872. The first-order valence-electron chi connectivity index (χ1n) is 5.61. The van der Waals surface area contributed by atoms with Gasteiger partial charge in [0.25, 0.3) is 0 Å². The Kier molecular flexibility index (Phi) is 4.27. The van der Waals surface area contributed by atoms with E-state index in [0.717, 1.165) is 4.90 Å². The molecular weight excluding hydrogens is 288 g/mol. The van der Waals surface area contributed by atoms with Crippen molar-refractivity contribution in [1.82, 2.24) is 0 Å². The molecule has 6 heteroatoms. The molecule has 1 heterocycles. The number of rotatable bonds is 3. The molecule has 0 bridgehead atoms. The summed E-state index contributed by atoms with van der Waals surface area (Å²) in [6.07, 6.45) is 0. The third kappa shape index (κ3) is 3.16. The van der Waals surface area contributed by atoms with Gasteiger partial charge in [-0.15, -0.1) is 11.8 Å². The number of benzene rings is 1. The Morgan fingerprint density at radius 2 is 2.21 bits per heavy atom. The van der Waals surface area contributed by atoms with Gasteiger partial charge in [-0.25, -0.2) is 0 Å². The van der Waals surface area contributed by atoms with Crippen molar-refractivity contribution in [2.45, 2.75) is 11.8 Å². The largest absolute Gasteiger partial charge is 0.458 e. The normalized spacial score (nSPS) is 17.8. The Morgan fingerprint density at radius 1 is 1.47 bits per heavy atom. The molecule has 4 nitrogen and oxygen atoms in total. The van der Waals surface area contributed by atoms with Crippen LogP contribution in [0.3, 0.4) is 0 Å². The molecule has 2 rings (SSSR count). The van der Waals surface area contributed by atoms with Crippen LogP contribution in [0.1, 0.15) is 17.3 Å². The van der Waals surface area contributed by atoms with Crippen LogP contribution in [0.2, 0.25) is 5.02 Å². The average molecular weight is 299 g/mol. The van der Waals surface area contributed by atoms with Crippen molar-refractivity contribution in [3.8, 4) is 0 Å². The van der Waals surface area contributed by atoms with Crippen molar-refractivity contribution >= 4 is 40.9 Å². The number of hydrogen-bond donors (Lipinski definition) is 0. The topological polar surface area (TPSA) is 60.4 Å². The molecule has 0 aromatic heterocycles. The van der Waals surface area contributed by atoms with Gasteiger partial charge >= 0.3 is 5.97 Å². The van der Waals surface area contributed by atoms with Gasteiger partial charge < -0.3 is 4.74 Å². The summed E-state index contributed by atoms with van der Waals surface area (Å²) in [6, 6.07) is 4.96. The fraction of sp³-hybridized carbons (Fsp3) is 0.308. The molecule has 0 saturated carbocycles. The minimum Gasteiger partial charge on any atom is -0.458 e. The molecule has 0 saturated heterocycles. The van der Waals surface area contributed by atoms with Gasteiger partial charge in [0.15, 0.2) is 18.2 Å². The first kappa shape index (κ1) is 14.1. The zero-order valence-electron chi connectivity index (χ0n) is 10.1. The lowest BCUT2D eigenvalue weighted by atomic mass is 9.95. The number of esters is 1. The molecule has 0 radical (unpaired) electrons. The van der Waals surface area contributed by atoms with Crippen LogP contribution in [0.15, 0.2) is 23.1 Å². The number of carbonyl (C=O) groups excluding carboxylic acids is 3. The predicted octanol–water partition coefficient (Wildman–Crippen LogP) is 2.38. The Balaban J connectivity index is 2.15. The summed E-state index contributed by atoms with van der Waals surface area (Å²) >= 11 is 7.27. The van der Waals surface area contributed by atoms with Crippen LogP contribution in [-0.4, -0.2) is 29.9 Å². The zero-order chi connectivity index (χ0) is 14.0. The molecule has 1 atom stereocenters. The summed E-state index contributed by atoms with van der Waals surface area (Å²) in [4.78, 5) is 35.5. The summed E-state index contributed by atoms with van der Waals surface area (Å²) in [5, 5.41) is 0.559. The molecule has 100 valence electrons. The Hall–Kier alpha value is -1.33. The van der Waals surface area contributed by atoms with E-state index in [1.165, 1.54) is 18.7 Å². The molecule has 0 N–H and O–H groups in total. The lowest BCUT2D eigenvalue weighted by Gasteiger charge is -2.21. The van der Waals surface area contributed by atoms with Gasteiger partial charge in [0.05, 0.1) is 5.92 Å². The van der Waals surface area contributed by atoms with Gasteiger partial charge in [0.1, 0.15) is 0 Å². The minimum atomic E-state index is -0.752. The maximum Gasteiger partial charge on any atom is 0.303 e. The Morgan fingerprint density at radius 3 is 2.89 bits per heavy atom. The summed E-state index contributed by atoms with van der Waals surface area (Å²) in [7, 11) is 0. The highest BCUT2D eigenvalue weighted by molar-refractivity contribution is 7.99. The third-order valence-corrected chi connectivity index (χ3v) is 4.12. The van der Waals surface area contributed by atoms with Gasteiger partial charge in [-0.3, -0.25) is 14.4 Å². The number of hydrogen-bond acceptors (Lipinski definition) is 5. The molecule has 1 aliphatic heterocycles. The number of thioether (sulfide) groups is 1. The molecule has 1 aliphatic rings. The van der Waals surface area contributed by atoms with E-state index in [2.05, 4.69) is 4.74 Å². The highest BCUT2D eigenvalue weighted by Crippen LogP contribution is 2.34. The molecule has 0 spiro atoms. The van der Waals surface area contributed by atoms with Crippen molar-refractivity contribution in [3.05, 3.63) is 28.8 Å². The Labute approximate surface area is 119 Å². The maximum atomic E-state index is 12.2. The van der Waals surface area contributed by atoms with Gasteiger partial charge in [-0.1, -0.05) is 11.6 Å².